The maximum atomic E-state index is 12.6. The maximum absolute atomic E-state index is 12.6. The second kappa shape index (κ2) is 6.67. The number of carbonyl (C=O) groups excluding carboxylic acids is 1. The maximum Gasteiger partial charge on any atom is 0.266 e. The fraction of sp³-hybridized carbons (Fsp3) is 0.375. The van der Waals surface area contributed by atoms with Gasteiger partial charge in [-0.25, -0.2) is 0 Å². The van der Waals surface area contributed by atoms with Crippen LogP contribution in [0.5, 0.6) is 0 Å². The molecule has 0 N–H and O–H groups in total. The van der Waals surface area contributed by atoms with Crippen molar-refractivity contribution in [2.75, 3.05) is 0 Å². The van der Waals surface area contributed by atoms with Gasteiger partial charge in [0.05, 0.1) is 4.91 Å². The molecule has 1 aromatic carbocycles. The second-order valence-corrected chi connectivity index (χ2v) is 6.82. The average Bonchev–Trinajstić information content (AvgIpc) is 2.68. The summed E-state index contributed by atoms with van der Waals surface area (Å²) in [5.74, 6) is -0.00526. The summed E-state index contributed by atoms with van der Waals surface area (Å²) in [5, 5.41) is 1.41. The lowest BCUT2D eigenvalue weighted by Gasteiger charge is -2.20. The summed E-state index contributed by atoms with van der Waals surface area (Å²) in [7, 11) is 0. The molecule has 1 aromatic rings. The highest BCUT2D eigenvalue weighted by Crippen LogP contribution is 2.35. The summed E-state index contributed by atoms with van der Waals surface area (Å²) in [4.78, 5) is 19.5. The van der Waals surface area contributed by atoms with Crippen LogP contribution in [0, 0.1) is 0 Å². The molecule has 112 valence electrons. The molecule has 2 rings (SSSR count). The molecule has 1 saturated heterocycles. The third-order valence-corrected chi connectivity index (χ3v) is 4.26. The van der Waals surface area contributed by atoms with Gasteiger partial charge in [-0.3, -0.25) is 14.7 Å². The highest BCUT2D eigenvalue weighted by molar-refractivity contribution is 8.18. The van der Waals surface area contributed by atoms with Crippen LogP contribution in [-0.2, 0) is 4.79 Å². The molecule has 21 heavy (non-hydrogen) atoms. The fourth-order valence-corrected chi connectivity index (χ4v) is 3.40. The third kappa shape index (κ3) is 3.69. The Balaban J connectivity index is 2.39. The molecule has 0 aromatic heterocycles. The number of hydrogen-bond donors (Lipinski definition) is 0. The van der Waals surface area contributed by atoms with Gasteiger partial charge >= 0.3 is 0 Å². The Morgan fingerprint density at radius 1 is 1.24 bits per heavy atom. The van der Waals surface area contributed by atoms with Gasteiger partial charge in [-0.1, -0.05) is 29.8 Å². The van der Waals surface area contributed by atoms with E-state index in [2.05, 4.69) is 4.99 Å². The summed E-state index contributed by atoms with van der Waals surface area (Å²) in [6, 6.07) is 7.74. The van der Waals surface area contributed by atoms with E-state index in [9.17, 15) is 4.79 Å². The van der Waals surface area contributed by atoms with Crippen LogP contribution in [0.3, 0.4) is 0 Å². The lowest BCUT2D eigenvalue weighted by atomic mass is 10.2. The minimum atomic E-state index is -0.00526. The van der Waals surface area contributed by atoms with Gasteiger partial charge in [0.15, 0.2) is 5.17 Å². The van der Waals surface area contributed by atoms with E-state index in [1.54, 1.807) is 4.90 Å². The minimum Gasteiger partial charge on any atom is -0.284 e. The first-order valence-electron chi connectivity index (χ1n) is 6.95. The van der Waals surface area contributed by atoms with Crippen LogP contribution in [-0.4, -0.2) is 28.1 Å². The van der Waals surface area contributed by atoms with Gasteiger partial charge in [0, 0.05) is 17.1 Å². The number of benzene rings is 1. The number of thioether (sulfide) groups is 1. The number of halogens is 1. The average molecular weight is 323 g/mol. The molecule has 3 nitrogen and oxygen atoms in total. The molecular weight excluding hydrogens is 304 g/mol. The Morgan fingerprint density at radius 2 is 1.90 bits per heavy atom. The Kier molecular flexibility index (Phi) is 5.12. The quantitative estimate of drug-likeness (QED) is 0.771. The molecule has 0 spiro atoms. The van der Waals surface area contributed by atoms with Crippen molar-refractivity contribution in [3.05, 3.63) is 39.8 Å². The first kappa shape index (κ1) is 16.1. The molecule has 1 heterocycles. The standard InChI is InChI=1S/C16H19ClN2OS/c1-10(2)18-16-19(11(3)4)15(20)14(21-16)9-12-7-5-6-8-13(12)17/h5-11H,1-4H3/b14-9+,18-16?. The minimum absolute atomic E-state index is 0.00526. The first-order chi connectivity index (χ1) is 9.90. The van der Waals surface area contributed by atoms with Crippen molar-refractivity contribution in [3.63, 3.8) is 0 Å². The summed E-state index contributed by atoms with van der Waals surface area (Å²) in [6.07, 6.45) is 1.84. The fourth-order valence-electron chi connectivity index (χ4n) is 1.99. The lowest BCUT2D eigenvalue weighted by Crippen LogP contribution is -2.35. The number of aliphatic imine (C=N–C) groups is 1. The van der Waals surface area contributed by atoms with Crippen molar-refractivity contribution in [1.82, 2.24) is 4.90 Å². The number of rotatable bonds is 3. The Bertz CT molecular complexity index is 608. The van der Waals surface area contributed by atoms with Crippen LogP contribution in [0.2, 0.25) is 5.02 Å². The van der Waals surface area contributed by atoms with Crippen molar-refractivity contribution < 1.29 is 4.79 Å². The van der Waals surface area contributed by atoms with E-state index in [0.717, 1.165) is 10.7 Å². The lowest BCUT2D eigenvalue weighted by molar-refractivity contribution is -0.123. The topological polar surface area (TPSA) is 32.7 Å². The molecule has 5 heteroatoms. The van der Waals surface area contributed by atoms with E-state index in [4.69, 9.17) is 11.6 Å². The number of nitrogens with zero attached hydrogens (tertiary/aromatic N) is 2. The Hall–Kier alpha value is -1.26. The van der Waals surface area contributed by atoms with Gasteiger partial charge in [0.25, 0.3) is 5.91 Å². The molecular formula is C16H19ClN2OS. The zero-order valence-corrected chi connectivity index (χ0v) is 14.2. The highest BCUT2D eigenvalue weighted by atomic mass is 35.5. The highest BCUT2D eigenvalue weighted by Gasteiger charge is 2.35. The van der Waals surface area contributed by atoms with Crippen molar-refractivity contribution in [3.8, 4) is 0 Å². The van der Waals surface area contributed by atoms with Gasteiger partial charge in [-0.2, -0.15) is 0 Å². The largest absolute Gasteiger partial charge is 0.284 e. The van der Waals surface area contributed by atoms with Gasteiger partial charge in [-0.05, 0) is 57.2 Å². The Labute approximate surface area is 135 Å². The number of amides is 1. The van der Waals surface area contributed by atoms with Crippen LogP contribution < -0.4 is 0 Å². The van der Waals surface area contributed by atoms with Crippen LogP contribution in [0.25, 0.3) is 6.08 Å². The van der Waals surface area contributed by atoms with E-state index in [1.165, 1.54) is 11.8 Å². The molecule has 1 fully saturated rings. The summed E-state index contributed by atoms with van der Waals surface area (Å²) >= 11 is 7.58. The zero-order valence-electron chi connectivity index (χ0n) is 12.6. The van der Waals surface area contributed by atoms with Crippen LogP contribution >= 0.6 is 23.4 Å². The first-order valence-corrected chi connectivity index (χ1v) is 8.15. The molecule has 0 bridgehead atoms. The van der Waals surface area contributed by atoms with Crippen LogP contribution in [0.4, 0.5) is 0 Å². The van der Waals surface area contributed by atoms with Gasteiger partial charge in [0.2, 0.25) is 0 Å². The van der Waals surface area contributed by atoms with E-state index >= 15 is 0 Å². The SMILES string of the molecule is CC(C)N=C1S/C(=C/c2ccccc2Cl)C(=O)N1C(C)C. The number of hydrogen-bond acceptors (Lipinski definition) is 3. The molecule has 1 aliphatic heterocycles. The summed E-state index contributed by atoms with van der Waals surface area (Å²) < 4.78 is 0. The molecule has 1 aliphatic rings. The Morgan fingerprint density at radius 3 is 2.48 bits per heavy atom. The van der Waals surface area contributed by atoms with E-state index < -0.39 is 0 Å². The third-order valence-electron chi connectivity index (χ3n) is 2.91. The molecule has 0 saturated carbocycles. The van der Waals surface area contributed by atoms with Crippen LogP contribution in [0.15, 0.2) is 34.2 Å². The van der Waals surface area contributed by atoms with E-state index in [-0.39, 0.29) is 18.0 Å². The normalized spacial score (nSPS) is 19.6. The van der Waals surface area contributed by atoms with Crippen molar-refractivity contribution in [2.45, 2.75) is 39.8 Å². The molecule has 1 amide bonds. The smallest absolute Gasteiger partial charge is 0.266 e. The van der Waals surface area contributed by atoms with Crippen LogP contribution in [0.1, 0.15) is 33.3 Å². The molecule has 0 aliphatic carbocycles. The second-order valence-electron chi connectivity index (χ2n) is 5.41. The molecule has 0 radical (unpaired) electrons. The van der Waals surface area contributed by atoms with Crippen molar-refractivity contribution in [1.29, 1.82) is 0 Å². The number of amidine groups is 1. The van der Waals surface area contributed by atoms with E-state index in [0.29, 0.717) is 9.93 Å². The van der Waals surface area contributed by atoms with E-state index in [1.807, 2.05) is 58.0 Å². The van der Waals surface area contributed by atoms with Crippen molar-refractivity contribution in [2.24, 2.45) is 4.99 Å². The predicted octanol–water partition coefficient (Wildman–Crippen LogP) is 4.43. The predicted molar refractivity (Wildman–Crippen MR) is 91.6 cm³/mol. The summed E-state index contributed by atoms with van der Waals surface area (Å²) in [5.41, 5.74) is 0.851. The van der Waals surface area contributed by atoms with Gasteiger partial charge in [-0.15, -0.1) is 0 Å². The van der Waals surface area contributed by atoms with Gasteiger partial charge < -0.3 is 0 Å². The summed E-state index contributed by atoms with van der Waals surface area (Å²) in [6.45, 7) is 8.00. The number of carbonyl (C=O) groups is 1. The van der Waals surface area contributed by atoms with Gasteiger partial charge in [0.1, 0.15) is 0 Å². The monoisotopic (exact) mass is 322 g/mol. The molecule has 0 atom stereocenters. The molecule has 0 unspecified atom stereocenters. The van der Waals surface area contributed by atoms with Crippen molar-refractivity contribution >= 4 is 40.5 Å². The zero-order chi connectivity index (χ0) is 15.6.